The predicted molar refractivity (Wildman–Crippen MR) is 135 cm³/mol. The van der Waals surface area contributed by atoms with Crippen molar-refractivity contribution in [2.24, 2.45) is 0 Å². The Morgan fingerprint density at radius 2 is 1.58 bits per heavy atom. The minimum Gasteiger partial charge on any atom is -0.456 e. The van der Waals surface area contributed by atoms with Crippen LogP contribution in [0, 0.1) is 0 Å². The Balaban J connectivity index is 1.21. The summed E-state index contributed by atoms with van der Waals surface area (Å²) < 4.78 is 6.00. The number of Topliss-reactive ketones (excluding diaryl/α,β-unsaturated/α-hetero) is 1. The zero-order valence-corrected chi connectivity index (χ0v) is 19.3. The van der Waals surface area contributed by atoms with E-state index >= 15 is 0 Å². The van der Waals surface area contributed by atoms with Crippen LogP contribution in [0.4, 0.5) is 0 Å². The highest BCUT2D eigenvalue weighted by molar-refractivity contribution is 6.44. The van der Waals surface area contributed by atoms with E-state index < -0.39 is 11.7 Å². The van der Waals surface area contributed by atoms with E-state index in [0.717, 1.165) is 16.5 Å². The molecule has 178 valence electrons. The summed E-state index contributed by atoms with van der Waals surface area (Å²) >= 11 is 0. The lowest BCUT2D eigenvalue weighted by atomic mass is 10.1. The minimum absolute atomic E-state index is 0.0760. The molecule has 1 saturated heterocycles. The molecule has 8 heteroatoms. The van der Waals surface area contributed by atoms with Gasteiger partial charge < -0.3 is 19.2 Å². The Kier molecular flexibility index (Phi) is 5.33. The van der Waals surface area contributed by atoms with Crippen molar-refractivity contribution in [3.05, 3.63) is 90.3 Å². The molecule has 0 spiro atoms. The number of pyridine rings is 1. The van der Waals surface area contributed by atoms with Gasteiger partial charge in [-0.3, -0.25) is 19.4 Å². The first-order valence-corrected chi connectivity index (χ1v) is 11.7. The summed E-state index contributed by atoms with van der Waals surface area (Å²) in [5, 5.41) is 0.973. The van der Waals surface area contributed by atoms with E-state index in [1.54, 1.807) is 23.2 Å². The fourth-order valence-electron chi connectivity index (χ4n) is 4.65. The van der Waals surface area contributed by atoms with E-state index in [1.165, 1.54) is 11.1 Å². The maximum Gasteiger partial charge on any atom is 0.295 e. The molecule has 0 radical (unpaired) electrons. The van der Waals surface area contributed by atoms with Gasteiger partial charge in [-0.25, -0.2) is 0 Å². The van der Waals surface area contributed by atoms with Crippen molar-refractivity contribution in [3.8, 4) is 11.3 Å². The smallest absolute Gasteiger partial charge is 0.295 e. The SMILES string of the molecule is O=C(C(=O)N1CCN(C(=O)c2ccccc2)CC1)c1c[nH]c2c(-c3cc4ccccc4o3)ccnc12. The Labute approximate surface area is 206 Å². The zero-order valence-electron chi connectivity index (χ0n) is 19.3. The molecule has 4 heterocycles. The van der Waals surface area contributed by atoms with Gasteiger partial charge in [0.1, 0.15) is 11.3 Å². The number of carbonyl (C=O) groups is 3. The fraction of sp³-hybridized carbons (Fsp3) is 0.143. The van der Waals surface area contributed by atoms with E-state index in [9.17, 15) is 14.4 Å². The van der Waals surface area contributed by atoms with E-state index in [-0.39, 0.29) is 11.5 Å². The Morgan fingerprint density at radius 1 is 0.861 bits per heavy atom. The van der Waals surface area contributed by atoms with E-state index in [1.807, 2.05) is 54.6 Å². The van der Waals surface area contributed by atoms with Crippen LogP contribution in [0.3, 0.4) is 0 Å². The first-order valence-electron chi connectivity index (χ1n) is 11.7. The summed E-state index contributed by atoms with van der Waals surface area (Å²) in [6, 6.07) is 20.5. The predicted octanol–water partition coefficient (Wildman–Crippen LogP) is 4.14. The highest BCUT2D eigenvalue weighted by Crippen LogP contribution is 2.32. The van der Waals surface area contributed by atoms with Crippen LogP contribution in [-0.2, 0) is 4.79 Å². The average molecular weight is 479 g/mol. The number of hydrogen-bond donors (Lipinski definition) is 1. The van der Waals surface area contributed by atoms with E-state index in [2.05, 4.69) is 9.97 Å². The molecule has 0 bridgehead atoms. The third kappa shape index (κ3) is 3.73. The molecule has 0 aliphatic carbocycles. The summed E-state index contributed by atoms with van der Waals surface area (Å²) in [7, 11) is 0. The molecular weight excluding hydrogens is 456 g/mol. The van der Waals surface area contributed by atoms with Gasteiger partial charge in [0.25, 0.3) is 17.6 Å². The maximum atomic E-state index is 13.2. The topological polar surface area (TPSA) is 99.5 Å². The first kappa shape index (κ1) is 21.8. The summed E-state index contributed by atoms with van der Waals surface area (Å²) in [5.41, 5.74) is 3.40. The molecule has 1 aliphatic heterocycles. The lowest BCUT2D eigenvalue weighted by Gasteiger charge is -2.34. The second kappa shape index (κ2) is 8.81. The van der Waals surface area contributed by atoms with Crippen molar-refractivity contribution >= 4 is 39.6 Å². The lowest BCUT2D eigenvalue weighted by Crippen LogP contribution is -2.52. The Bertz CT molecular complexity index is 1580. The van der Waals surface area contributed by atoms with Crippen LogP contribution in [0.5, 0.6) is 0 Å². The number of amides is 2. The number of fused-ring (bicyclic) bond motifs is 2. The molecule has 0 unspecified atom stereocenters. The fourth-order valence-corrected chi connectivity index (χ4v) is 4.65. The van der Waals surface area contributed by atoms with Crippen LogP contribution in [0.15, 0.2) is 83.5 Å². The Hall–Kier alpha value is -4.72. The number of ketones is 1. The standard InChI is InChI=1S/C28H22N4O4/c33-26(28(35)32-14-12-31(13-15-32)27(34)18-6-2-1-3-7-18)21-17-30-24-20(10-11-29-25(21)24)23-16-19-8-4-5-9-22(19)36-23/h1-11,16-17,30H,12-15H2. The van der Waals surface area contributed by atoms with Crippen LogP contribution in [0.2, 0.25) is 0 Å². The average Bonchev–Trinajstić information content (AvgIpc) is 3.57. The summed E-state index contributed by atoms with van der Waals surface area (Å²) in [6.45, 7) is 1.33. The van der Waals surface area contributed by atoms with Crippen molar-refractivity contribution in [2.45, 2.75) is 0 Å². The number of nitrogens with zero attached hydrogens (tertiary/aromatic N) is 3. The van der Waals surface area contributed by atoms with Gasteiger partial charge in [0.2, 0.25) is 0 Å². The quantitative estimate of drug-likeness (QED) is 0.309. The van der Waals surface area contributed by atoms with Gasteiger partial charge in [0, 0.05) is 55.1 Å². The molecule has 3 aromatic heterocycles. The molecule has 1 fully saturated rings. The van der Waals surface area contributed by atoms with Crippen LogP contribution >= 0.6 is 0 Å². The van der Waals surface area contributed by atoms with Crippen LogP contribution in [0.1, 0.15) is 20.7 Å². The second-order valence-electron chi connectivity index (χ2n) is 8.71. The zero-order chi connectivity index (χ0) is 24.6. The minimum atomic E-state index is -0.627. The molecule has 6 rings (SSSR count). The number of furan rings is 1. The van der Waals surface area contributed by atoms with Gasteiger partial charge in [-0.2, -0.15) is 0 Å². The number of aromatic nitrogens is 2. The number of benzene rings is 2. The third-order valence-electron chi connectivity index (χ3n) is 6.57. The normalized spacial score (nSPS) is 13.9. The lowest BCUT2D eigenvalue weighted by molar-refractivity contribution is -0.127. The molecule has 0 atom stereocenters. The summed E-state index contributed by atoms with van der Waals surface area (Å²) in [4.78, 5) is 49.6. The molecule has 2 aromatic carbocycles. The van der Waals surface area contributed by atoms with Crippen LogP contribution < -0.4 is 0 Å². The molecule has 5 aromatic rings. The van der Waals surface area contributed by atoms with Gasteiger partial charge in [-0.05, 0) is 30.3 Å². The summed E-state index contributed by atoms with van der Waals surface area (Å²) in [6.07, 6.45) is 3.13. The van der Waals surface area contributed by atoms with Crippen molar-refractivity contribution in [1.29, 1.82) is 0 Å². The number of rotatable bonds is 4. The number of hydrogen-bond acceptors (Lipinski definition) is 5. The number of aromatic amines is 1. The van der Waals surface area contributed by atoms with Crippen molar-refractivity contribution in [3.63, 3.8) is 0 Å². The number of H-pyrrole nitrogens is 1. The van der Waals surface area contributed by atoms with Crippen molar-refractivity contribution in [2.75, 3.05) is 26.2 Å². The summed E-state index contributed by atoms with van der Waals surface area (Å²) in [5.74, 6) is -0.653. The first-order chi connectivity index (χ1) is 17.6. The van der Waals surface area contributed by atoms with Crippen molar-refractivity contribution in [1.82, 2.24) is 19.8 Å². The van der Waals surface area contributed by atoms with Gasteiger partial charge in [0.05, 0.1) is 16.6 Å². The molecular formula is C28H22N4O4. The molecule has 2 amide bonds. The van der Waals surface area contributed by atoms with Gasteiger partial charge in [0.15, 0.2) is 0 Å². The number of nitrogens with one attached hydrogen (secondary N) is 1. The third-order valence-corrected chi connectivity index (χ3v) is 6.57. The largest absolute Gasteiger partial charge is 0.456 e. The van der Waals surface area contributed by atoms with Crippen LogP contribution in [0.25, 0.3) is 33.3 Å². The number of para-hydroxylation sites is 1. The van der Waals surface area contributed by atoms with E-state index in [0.29, 0.717) is 48.5 Å². The molecule has 0 saturated carbocycles. The molecule has 1 aliphatic rings. The number of piperazine rings is 1. The monoisotopic (exact) mass is 478 g/mol. The highest BCUT2D eigenvalue weighted by atomic mass is 16.3. The molecule has 1 N–H and O–H groups in total. The van der Waals surface area contributed by atoms with Gasteiger partial charge in [-0.15, -0.1) is 0 Å². The van der Waals surface area contributed by atoms with Crippen LogP contribution in [-0.4, -0.2) is 63.5 Å². The Morgan fingerprint density at radius 3 is 2.36 bits per heavy atom. The highest BCUT2D eigenvalue weighted by Gasteiger charge is 2.30. The molecule has 36 heavy (non-hydrogen) atoms. The number of carbonyl (C=O) groups excluding carboxylic acids is 3. The van der Waals surface area contributed by atoms with Gasteiger partial charge in [-0.1, -0.05) is 36.4 Å². The maximum absolute atomic E-state index is 13.2. The van der Waals surface area contributed by atoms with Gasteiger partial charge >= 0.3 is 0 Å². The second-order valence-corrected chi connectivity index (χ2v) is 8.71. The molecule has 8 nitrogen and oxygen atoms in total. The van der Waals surface area contributed by atoms with Crippen molar-refractivity contribution < 1.29 is 18.8 Å². The van der Waals surface area contributed by atoms with E-state index in [4.69, 9.17) is 4.42 Å².